The molecular formula is C10H9F6N. The van der Waals surface area contributed by atoms with Gasteiger partial charge in [-0.1, -0.05) is 11.6 Å². The molecule has 0 saturated heterocycles. The first-order valence-corrected chi connectivity index (χ1v) is 4.55. The van der Waals surface area contributed by atoms with Crippen LogP contribution >= 0.6 is 0 Å². The molecule has 0 spiro atoms. The predicted octanol–water partition coefficient (Wildman–Crippen LogP) is 3.49. The minimum atomic E-state index is -5.08. The molecule has 0 amide bonds. The molecule has 0 saturated carbocycles. The van der Waals surface area contributed by atoms with Crippen molar-refractivity contribution in [3.05, 3.63) is 34.4 Å². The number of rotatable bonds is 1. The van der Waals surface area contributed by atoms with Gasteiger partial charge in [0.2, 0.25) is 0 Å². The van der Waals surface area contributed by atoms with Crippen LogP contribution in [-0.2, 0) is 18.9 Å². The molecule has 1 aromatic carbocycles. The van der Waals surface area contributed by atoms with E-state index in [0.29, 0.717) is 6.07 Å². The molecule has 1 aromatic rings. The molecule has 2 N–H and O–H groups in total. The van der Waals surface area contributed by atoms with Crippen LogP contribution in [0.15, 0.2) is 12.1 Å². The van der Waals surface area contributed by atoms with Crippen molar-refractivity contribution in [2.75, 3.05) is 0 Å². The van der Waals surface area contributed by atoms with Gasteiger partial charge in [0, 0.05) is 6.54 Å². The number of benzene rings is 1. The van der Waals surface area contributed by atoms with Gasteiger partial charge in [0.1, 0.15) is 0 Å². The van der Waals surface area contributed by atoms with Crippen molar-refractivity contribution in [3.8, 4) is 0 Å². The zero-order valence-electron chi connectivity index (χ0n) is 8.71. The van der Waals surface area contributed by atoms with Crippen LogP contribution in [0.5, 0.6) is 0 Å². The summed E-state index contributed by atoms with van der Waals surface area (Å²) in [6, 6.07) is 1.49. The second-order valence-electron chi connectivity index (χ2n) is 3.55. The molecule has 0 atom stereocenters. The van der Waals surface area contributed by atoms with Gasteiger partial charge in [0.05, 0.1) is 11.1 Å². The monoisotopic (exact) mass is 257 g/mol. The van der Waals surface area contributed by atoms with Crippen LogP contribution in [0, 0.1) is 6.92 Å². The Balaban J connectivity index is 3.63. The van der Waals surface area contributed by atoms with Crippen molar-refractivity contribution in [1.82, 2.24) is 0 Å². The highest BCUT2D eigenvalue weighted by Crippen LogP contribution is 2.42. The lowest BCUT2D eigenvalue weighted by atomic mass is 9.97. The number of halogens is 6. The van der Waals surface area contributed by atoms with Crippen LogP contribution in [0.25, 0.3) is 0 Å². The van der Waals surface area contributed by atoms with Crippen LogP contribution in [-0.4, -0.2) is 0 Å². The Labute approximate surface area is 93.2 Å². The average Bonchev–Trinajstić information content (AvgIpc) is 2.12. The first-order valence-electron chi connectivity index (χ1n) is 4.55. The number of aryl methyl sites for hydroxylation is 1. The maximum atomic E-state index is 12.6. The Bertz CT molecular complexity index is 418. The summed E-state index contributed by atoms with van der Waals surface area (Å²) in [4.78, 5) is 0. The van der Waals surface area contributed by atoms with Crippen molar-refractivity contribution in [3.63, 3.8) is 0 Å². The summed E-state index contributed by atoms with van der Waals surface area (Å²) >= 11 is 0. The predicted molar refractivity (Wildman–Crippen MR) is 49.1 cm³/mol. The molecule has 0 heterocycles. The third-order valence-corrected chi connectivity index (χ3v) is 2.17. The largest absolute Gasteiger partial charge is 0.417 e. The van der Waals surface area contributed by atoms with E-state index in [1.807, 2.05) is 0 Å². The fourth-order valence-corrected chi connectivity index (χ4v) is 1.58. The van der Waals surface area contributed by atoms with Gasteiger partial charge in [-0.3, -0.25) is 0 Å². The Morgan fingerprint density at radius 3 is 1.88 bits per heavy atom. The summed E-state index contributed by atoms with van der Waals surface area (Å²) in [7, 11) is 0. The van der Waals surface area contributed by atoms with Gasteiger partial charge in [-0.05, 0) is 18.6 Å². The summed E-state index contributed by atoms with van der Waals surface area (Å²) < 4.78 is 75.4. The number of hydrogen-bond acceptors (Lipinski definition) is 1. The molecule has 0 aliphatic rings. The van der Waals surface area contributed by atoms with Gasteiger partial charge >= 0.3 is 12.4 Å². The molecule has 0 radical (unpaired) electrons. The van der Waals surface area contributed by atoms with Crippen molar-refractivity contribution in [2.45, 2.75) is 25.8 Å². The minimum Gasteiger partial charge on any atom is -0.326 e. The van der Waals surface area contributed by atoms with Crippen molar-refractivity contribution in [2.24, 2.45) is 5.73 Å². The highest BCUT2D eigenvalue weighted by atomic mass is 19.4. The average molecular weight is 257 g/mol. The lowest BCUT2D eigenvalue weighted by Crippen LogP contribution is -2.20. The molecule has 0 fully saturated rings. The Kier molecular flexibility index (Phi) is 3.42. The second kappa shape index (κ2) is 4.21. The van der Waals surface area contributed by atoms with Gasteiger partial charge in [-0.25, -0.2) is 0 Å². The zero-order valence-corrected chi connectivity index (χ0v) is 8.71. The van der Waals surface area contributed by atoms with Gasteiger partial charge in [-0.15, -0.1) is 0 Å². The molecule has 96 valence electrons. The van der Waals surface area contributed by atoms with E-state index in [9.17, 15) is 26.3 Å². The van der Waals surface area contributed by atoms with E-state index in [2.05, 4.69) is 0 Å². The lowest BCUT2D eigenvalue weighted by molar-refractivity contribution is -0.162. The van der Waals surface area contributed by atoms with E-state index >= 15 is 0 Å². The minimum absolute atomic E-state index is 0.0887. The molecule has 0 aromatic heterocycles. The highest BCUT2D eigenvalue weighted by molar-refractivity contribution is 5.42. The van der Waals surface area contributed by atoms with Crippen molar-refractivity contribution < 1.29 is 26.3 Å². The fourth-order valence-electron chi connectivity index (χ4n) is 1.58. The topological polar surface area (TPSA) is 26.0 Å². The van der Waals surface area contributed by atoms with Crippen LogP contribution in [0.2, 0.25) is 0 Å². The van der Waals surface area contributed by atoms with Crippen molar-refractivity contribution >= 4 is 0 Å². The highest BCUT2D eigenvalue weighted by Gasteiger charge is 2.44. The second-order valence-corrected chi connectivity index (χ2v) is 3.55. The molecule has 17 heavy (non-hydrogen) atoms. The fraction of sp³-hybridized carbons (Fsp3) is 0.400. The van der Waals surface area contributed by atoms with Gasteiger partial charge in [0.25, 0.3) is 0 Å². The van der Waals surface area contributed by atoms with Crippen molar-refractivity contribution in [1.29, 1.82) is 0 Å². The standard InChI is InChI=1S/C10H9F6N/c1-5-2-6(4-17)8(10(14,15)16)7(3-5)9(11,12)13/h2-3H,4,17H2,1H3. The van der Waals surface area contributed by atoms with Crippen LogP contribution in [0.4, 0.5) is 26.3 Å². The van der Waals surface area contributed by atoms with E-state index in [4.69, 9.17) is 5.73 Å². The van der Waals surface area contributed by atoms with E-state index in [-0.39, 0.29) is 5.56 Å². The summed E-state index contributed by atoms with van der Waals surface area (Å²) in [5.41, 5.74) is 1.21. The third-order valence-electron chi connectivity index (χ3n) is 2.17. The number of alkyl halides is 6. The van der Waals surface area contributed by atoms with Crippen LogP contribution < -0.4 is 5.73 Å². The van der Waals surface area contributed by atoms with Crippen LogP contribution in [0.1, 0.15) is 22.3 Å². The number of nitrogens with two attached hydrogens (primary N) is 1. The molecule has 1 nitrogen and oxygen atoms in total. The maximum Gasteiger partial charge on any atom is 0.417 e. The summed E-state index contributed by atoms with van der Waals surface area (Å²) in [5, 5.41) is 0. The summed E-state index contributed by atoms with van der Waals surface area (Å²) in [5.74, 6) is 0. The summed E-state index contributed by atoms with van der Waals surface area (Å²) in [6.45, 7) is 0.689. The van der Waals surface area contributed by atoms with Gasteiger partial charge < -0.3 is 5.73 Å². The van der Waals surface area contributed by atoms with Gasteiger partial charge in [0.15, 0.2) is 0 Å². The first-order chi connectivity index (χ1) is 7.57. The Hall–Kier alpha value is -1.24. The van der Waals surface area contributed by atoms with E-state index in [0.717, 1.165) is 6.07 Å². The third kappa shape index (κ3) is 2.91. The summed E-state index contributed by atoms with van der Waals surface area (Å²) in [6.07, 6.45) is -10.1. The molecule has 0 bridgehead atoms. The zero-order chi connectivity index (χ0) is 13.4. The van der Waals surface area contributed by atoms with Crippen LogP contribution in [0.3, 0.4) is 0 Å². The quantitative estimate of drug-likeness (QED) is 0.766. The maximum absolute atomic E-state index is 12.6. The first kappa shape index (κ1) is 13.8. The Morgan fingerprint density at radius 1 is 1.00 bits per heavy atom. The normalized spacial score (nSPS) is 12.9. The van der Waals surface area contributed by atoms with Gasteiger partial charge in [-0.2, -0.15) is 26.3 Å². The van der Waals surface area contributed by atoms with E-state index in [1.165, 1.54) is 6.92 Å². The van der Waals surface area contributed by atoms with E-state index in [1.54, 1.807) is 0 Å². The molecule has 0 aliphatic carbocycles. The molecule has 0 unspecified atom stereocenters. The molecule has 0 aliphatic heterocycles. The molecule has 1 rings (SSSR count). The number of hydrogen-bond donors (Lipinski definition) is 1. The SMILES string of the molecule is Cc1cc(CN)c(C(F)(F)F)c(C(F)(F)F)c1. The van der Waals surface area contributed by atoms with E-state index < -0.39 is 35.6 Å². The Morgan fingerprint density at radius 2 is 1.53 bits per heavy atom. The molecule has 7 heteroatoms. The lowest BCUT2D eigenvalue weighted by Gasteiger charge is -2.19. The molecular weight excluding hydrogens is 248 g/mol. The smallest absolute Gasteiger partial charge is 0.326 e.